The van der Waals surface area contributed by atoms with E-state index >= 15 is 0 Å². The minimum atomic E-state index is -0.766. The third-order valence-corrected chi connectivity index (χ3v) is 2.96. The molecule has 0 aromatic carbocycles. The highest BCUT2D eigenvalue weighted by molar-refractivity contribution is 5.79. The lowest BCUT2D eigenvalue weighted by Crippen LogP contribution is -2.30. The molecule has 0 unspecified atom stereocenters. The predicted molar refractivity (Wildman–Crippen MR) is 60.7 cm³/mol. The van der Waals surface area contributed by atoms with Crippen molar-refractivity contribution in [2.45, 2.75) is 45.2 Å². The van der Waals surface area contributed by atoms with E-state index in [1.54, 1.807) is 6.20 Å². The first-order valence-corrected chi connectivity index (χ1v) is 5.57. The molecule has 0 aliphatic carbocycles. The number of rotatable bonds is 2. The van der Waals surface area contributed by atoms with Crippen LogP contribution in [0.15, 0.2) is 6.20 Å². The van der Waals surface area contributed by atoms with Gasteiger partial charge in [-0.1, -0.05) is 0 Å². The van der Waals surface area contributed by atoms with Crippen molar-refractivity contribution < 1.29 is 9.90 Å². The van der Waals surface area contributed by atoms with Gasteiger partial charge in [-0.05, 0) is 27.2 Å². The van der Waals surface area contributed by atoms with Gasteiger partial charge < -0.3 is 10.4 Å². The zero-order chi connectivity index (χ0) is 11.9. The molecule has 2 heterocycles. The Morgan fingerprint density at radius 2 is 2.38 bits per heavy atom. The van der Waals surface area contributed by atoms with Crippen molar-refractivity contribution in [3.8, 4) is 0 Å². The number of nitrogens with zero attached hydrogens (tertiary/aromatic N) is 2. The number of carbonyl (C=O) groups is 1. The normalized spacial score (nSPS) is 24.0. The fraction of sp³-hybridized carbons (Fsp3) is 0.636. The Morgan fingerprint density at radius 3 is 2.94 bits per heavy atom. The van der Waals surface area contributed by atoms with E-state index in [0.29, 0.717) is 6.42 Å². The van der Waals surface area contributed by atoms with Crippen LogP contribution < -0.4 is 5.32 Å². The maximum Gasteiger partial charge on any atom is 0.311 e. The number of hydrogen-bond donors (Lipinski definition) is 2. The summed E-state index contributed by atoms with van der Waals surface area (Å²) in [6.07, 6.45) is 2.29. The monoisotopic (exact) mass is 223 g/mol. The Hall–Kier alpha value is -1.52. The second-order valence-corrected chi connectivity index (χ2v) is 4.66. The Bertz CT molecular complexity index is 411. The highest BCUT2D eigenvalue weighted by Crippen LogP contribution is 2.35. The molecule has 1 aromatic heterocycles. The van der Waals surface area contributed by atoms with Crippen LogP contribution >= 0.6 is 0 Å². The summed E-state index contributed by atoms with van der Waals surface area (Å²) in [6.45, 7) is 6.06. The van der Waals surface area contributed by atoms with Gasteiger partial charge >= 0.3 is 5.97 Å². The van der Waals surface area contributed by atoms with E-state index in [1.165, 1.54) is 0 Å². The fourth-order valence-corrected chi connectivity index (χ4v) is 2.18. The van der Waals surface area contributed by atoms with Gasteiger partial charge in [-0.25, -0.2) is 4.68 Å². The van der Waals surface area contributed by atoms with Gasteiger partial charge in [-0.3, -0.25) is 4.79 Å². The van der Waals surface area contributed by atoms with Crippen molar-refractivity contribution in [3.05, 3.63) is 11.8 Å². The van der Waals surface area contributed by atoms with Crippen molar-refractivity contribution in [1.82, 2.24) is 9.78 Å². The molecular formula is C11H17N3O2. The van der Waals surface area contributed by atoms with Crippen molar-refractivity contribution in [3.63, 3.8) is 0 Å². The van der Waals surface area contributed by atoms with E-state index in [-0.39, 0.29) is 12.1 Å². The summed E-state index contributed by atoms with van der Waals surface area (Å²) < 4.78 is 1.85. The molecule has 0 spiro atoms. The van der Waals surface area contributed by atoms with Gasteiger partial charge in [-0.2, -0.15) is 5.10 Å². The molecule has 1 aromatic rings. The smallest absolute Gasteiger partial charge is 0.311 e. The van der Waals surface area contributed by atoms with Crippen LogP contribution in [0.3, 0.4) is 0 Å². The summed E-state index contributed by atoms with van der Waals surface area (Å²) >= 11 is 0. The summed E-state index contributed by atoms with van der Waals surface area (Å²) in [6, 6.07) is 0.402. The SMILES string of the molecule is CC(C)n1ncc2c1N[C@H](C)C[C@@H]2C(=O)O. The van der Waals surface area contributed by atoms with Crippen molar-refractivity contribution in [2.24, 2.45) is 0 Å². The minimum Gasteiger partial charge on any atom is -0.481 e. The van der Waals surface area contributed by atoms with E-state index in [1.807, 2.05) is 25.5 Å². The summed E-state index contributed by atoms with van der Waals surface area (Å²) in [5.74, 6) is -0.335. The third-order valence-electron chi connectivity index (χ3n) is 2.96. The molecule has 0 bridgehead atoms. The number of carboxylic acid groups (broad SMARTS) is 1. The molecule has 0 radical (unpaired) electrons. The molecule has 1 aliphatic heterocycles. The number of fused-ring (bicyclic) bond motifs is 1. The van der Waals surface area contributed by atoms with Crippen LogP contribution in [0, 0.1) is 0 Å². The third kappa shape index (κ3) is 1.66. The van der Waals surface area contributed by atoms with E-state index in [0.717, 1.165) is 11.4 Å². The molecule has 0 saturated heterocycles. The molecule has 2 N–H and O–H groups in total. The number of hydrogen-bond acceptors (Lipinski definition) is 3. The number of aromatic nitrogens is 2. The van der Waals surface area contributed by atoms with Crippen LogP contribution in [0.5, 0.6) is 0 Å². The molecule has 5 heteroatoms. The average molecular weight is 223 g/mol. The van der Waals surface area contributed by atoms with Crippen LogP contribution in [0.4, 0.5) is 5.82 Å². The first-order chi connectivity index (χ1) is 7.50. The predicted octanol–water partition coefficient (Wildman–Crippen LogP) is 1.84. The maximum absolute atomic E-state index is 11.2. The van der Waals surface area contributed by atoms with Crippen molar-refractivity contribution in [2.75, 3.05) is 5.32 Å². The lowest BCUT2D eigenvalue weighted by molar-refractivity contribution is -0.139. The van der Waals surface area contributed by atoms with Gasteiger partial charge in [0.05, 0.1) is 12.1 Å². The summed E-state index contributed by atoms with van der Waals surface area (Å²) in [4.78, 5) is 11.2. The quantitative estimate of drug-likeness (QED) is 0.802. The van der Waals surface area contributed by atoms with Crippen molar-refractivity contribution >= 4 is 11.8 Å². The standard InChI is InChI=1S/C11H17N3O2/c1-6(2)14-10-9(5-12-14)8(11(15)16)4-7(3)13-10/h5-8,13H,4H2,1-3H3,(H,15,16)/t7-,8+/m1/s1. The van der Waals surface area contributed by atoms with Gasteiger partial charge in [0.25, 0.3) is 0 Å². The molecular weight excluding hydrogens is 206 g/mol. The summed E-state index contributed by atoms with van der Waals surface area (Å²) in [5, 5.41) is 16.8. The van der Waals surface area contributed by atoms with Gasteiger partial charge in [0.2, 0.25) is 0 Å². The second-order valence-electron chi connectivity index (χ2n) is 4.66. The minimum absolute atomic E-state index is 0.169. The zero-order valence-corrected chi connectivity index (χ0v) is 9.77. The highest BCUT2D eigenvalue weighted by Gasteiger charge is 2.32. The number of nitrogens with one attached hydrogen (secondary N) is 1. The molecule has 0 saturated carbocycles. The highest BCUT2D eigenvalue weighted by atomic mass is 16.4. The average Bonchev–Trinajstić information content (AvgIpc) is 2.59. The molecule has 0 amide bonds. The zero-order valence-electron chi connectivity index (χ0n) is 9.77. The summed E-state index contributed by atoms with van der Waals surface area (Å²) in [5.41, 5.74) is 0.805. The Morgan fingerprint density at radius 1 is 1.69 bits per heavy atom. The first kappa shape index (κ1) is 11.0. The lowest BCUT2D eigenvalue weighted by Gasteiger charge is -2.27. The molecule has 2 rings (SSSR count). The second kappa shape index (κ2) is 3.81. The van der Waals surface area contributed by atoms with Gasteiger partial charge in [-0.15, -0.1) is 0 Å². The van der Waals surface area contributed by atoms with Gasteiger partial charge in [0.15, 0.2) is 0 Å². The molecule has 88 valence electrons. The topological polar surface area (TPSA) is 67.2 Å². The van der Waals surface area contributed by atoms with E-state index in [2.05, 4.69) is 10.4 Å². The largest absolute Gasteiger partial charge is 0.481 e. The van der Waals surface area contributed by atoms with Crippen molar-refractivity contribution in [1.29, 1.82) is 0 Å². The van der Waals surface area contributed by atoms with Crippen LogP contribution in [-0.4, -0.2) is 26.9 Å². The number of aliphatic carboxylic acids is 1. The number of anilines is 1. The van der Waals surface area contributed by atoms with E-state index in [4.69, 9.17) is 0 Å². The molecule has 2 atom stereocenters. The Labute approximate surface area is 94.5 Å². The molecule has 1 aliphatic rings. The van der Waals surface area contributed by atoms with Crippen LogP contribution in [-0.2, 0) is 4.79 Å². The lowest BCUT2D eigenvalue weighted by atomic mass is 9.91. The van der Waals surface area contributed by atoms with Gasteiger partial charge in [0.1, 0.15) is 5.82 Å². The first-order valence-electron chi connectivity index (χ1n) is 5.57. The van der Waals surface area contributed by atoms with Crippen LogP contribution in [0.2, 0.25) is 0 Å². The summed E-state index contributed by atoms with van der Waals surface area (Å²) in [7, 11) is 0. The van der Waals surface area contributed by atoms with E-state index < -0.39 is 11.9 Å². The molecule has 5 nitrogen and oxygen atoms in total. The molecule has 16 heavy (non-hydrogen) atoms. The van der Waals surface area contributed by atoms with Gasteiger partial charge in [0, 0.05) is 17.6 Å². The number of carboxylic acids is 1. The Kier molecular flexibility index (Phi) is 2.61. The van der Waals surface area contributed by atoms with Crippen LogP contribution in [0.1, 0.15) is 44.7 Å². The molecule has 0 fully saturated rings. The van der Waals surface area contributed by atoms with Crippen LogP contribution in [0.25, 0.3) is 0 Å². The Balaban J connectivity index is 2.45. The fourth-order valence-electron chi connectivity index (χ4n) is 2.18. The van der Waals surface area contributed by atoms with E-state index in [9.17, 15) is 9.90 Å². The maximum atomic E-state index is 11.2.